The van der Waals surface area contributed by atoms with Gasteiger partial charge in [0.05, 0.1) is 19.4 Å². The average Bonchev–Trinajstić information content (AvgIpc) is 3.21. The number of carbonyl (C=O) groups is 2. The first-order valence-electron chi connectivity index (χ1n) is 8.75. The molecule has 150 valence electrons. The molecule has 9 heteroatoms. The molecule has 2 heterocycles. The Bertz CT molecular complexity index is 988. The molecule has 0 radical (unpaired) electrons. The second-order valence-electron chi connectivity index (χ2n) is 5.68. The fraction of sp³-hybridized carbons (Fsp3) is 0.200. The van der Waals surface area contributed by atoms with Crippen molar-refractivity contribution in [3.8, 4) is 22.9 Å². The number of anilines is 1. The summed E-state index contributed by atoms with van der Waals surface area (Å²) in [6.45, 7) is 1.70. The van der Waals surface area contributed by atoms with Crippen molar-refractivity contribution >= 4 is 28.3 Å². The van der Waals surface area contributed by atoms with E-state index in [9.17, 15) is 9.59 Å². The van der Waals surface area contributed by atoms with Crippen LogP contribution in [0, 0.1) is 0 Å². The van der Waals surface area contributed by atoms with E-state index < -0.39 is 18.5 Å². The number of thiazole rings is 1. The van der Waals surface area contributed by atoms with Crippen molar-refractivity contribution in [2.45, 2.75) is 6.92 Å². The molecule has 0 spiro atoms. The molecule has 0 aliphatic rings. The number of ether oxygens (including phenoxy) is 3. The molecule has 1 amide bonds. The van der Waals surface area contributed by atoms with Crippen LogP contribution < -0.4 is 14.8 Å². The van der Waals surface area contributed by atoms with E-state index in [1.807, 2.05) is 29.6 Å². The van der Waals surface area contributed by atoms with Gasteiger partial charge in [0.15, 0.2) is 11.7 Å². The molecular weight excluding hydrogens is 394 g/mol. The number of aromatic nitrogens is 2. The topological polar surface area (TPSA) is 99.6 Å². The Morgan fingerprint density at radius 2 is 1.97 bits per heavy atom. The lowest BCUT2D eigenvalue weighted by Crippen LogP contribution is -2.21. The Morgan fingerprint density at radius 3 is 2.69 bits per heavy atom. The van der Waals surface area contributed by atoms with Crippen molar-refractivity contribution in [3.05, 3.63) is 53.5 Å². The van der Waals surface area contributed by atoms with E-state index in [1.54, 1.807) is 20.1 Å². The van der Waals surface area contributed by atoms with E-state index in [0.29, 0.717) is 11.7 Å². The summed E-state index contributed by atoms with van der Waals surface area (Å²) in [7, 11) is 1.60. The van der Waals surface area contributed by atoms with Gasteiger partial charge in [0.2, 0.25) is 5.88 Å². The molecule has 0 saturated carbocycles. The Labute approximate surface area is 171 Å². The maximum Gasteiger partial charge on any atom is 0.344 e. The molecule has 1 aromatic carbocycles. The van der Waals surface area contributed by atoms with Crippen LogP contribution in [0.4, 0.5) is 5.13 Å². The minimum absolute atomic E-state index is 0.165. The zero-order valence-corrected chi connectivity index (χ0v) is 16.7. The third-order valence-corrected chi connectivity index (χ3v) is 4.50. The highest BCUT2D eigenvalue weighted by atomic mass is 32.1. The molecule has 0 fully saturated rings. The van der Waals surface area contributed by atoms with Gasteiger partial charge < -0.3 is 14.2 Å². The van der Waals surface area contributed by atoms with Gasteiger partial charge in [0, 0.05) is 17.1 Å². The van der Waals surface area contributed by atoms with Crippen molar-refractivity contribution in [2.75, 3.05) is 25.6 Å². The second-order valence-corrected chi connectivity index (χ2v) is 6.54. The molecule has 0 aliphatic carbocycles. The maximum absolute atomic E-state index is 12.2. The van der Waals surface area contributed by atoms with Crippen LogP contribution in [0.5, 0.6) is 11.6 Å². The first-order valence-corrected chi connectivity index (χ1v) is 9.63. The first-order chi connectivity index (χ1) is 14.1. The number of benzene rings is 1. The number of pyridine rings is 1. The largest absolute Gasteiger partial charge is 0.497 e. The van der Waals surface area contributed by atoms with Crippen LogP contribution in [-0.2, 0) is 9.53 Å². The van der Waals surface area contributed by atoms with Crippen molar-refractivity contribution < 1.29 is 23.8 Å². The molecule has 8 nitrogen and oxygen atoms in total. The normalized spacial score (nSPS) is 10.3. The minimum atomic E-state index is -0.685. The number of nitrogens with zero attached hydrogens (tertiary/aromatic N) is 2. The van der Waals surface area contributed by atoms with Crippen molar-refractivity contribution in [3.63, 3.8) is 0 Å². The highest BCUT2D eigenvalue weighted by Gasteiger charge is 2.17. The first kappa shape index (κ1) is 20.3. The summed E-state index contributed by atoms with van der Waals surface area (Å²) in [6, 6.07) is 10.6. The highest BCUT2D eigenvalue weighted by Crippen LogP contribution is 2.26. The fourth-order valence-electron chi connectivity index (χ4n) is 2.39. The monoisotopic (exact) mass is 413 g/mol. The zero-order valence-electron chi connectivity index (χ0n) is 15.9. The number of methoxy groups -OCH3 is 1. The molecule has 0 aliphatic heterocycles. The third kappa shape index (κ3) is 5.29. The van der Waals surface area contributed by atoms with Gasteiger partial charge in [-0.05, 0) is 43.3 Å². The Morgan fingerprint density at radius 1 is 1.17 bits per heavy atom. The number of hydrogen-bond donors (Lipinski definition) is 1. The summed E-state index contributed by atoms with van der Waals surface area (Å²) in [4.78, 5) is 32.7. The number of amides is 1. The molecule has 3 rings (SSSR count). The van der Waals surface area contributed by atoms with Gasteiger partial charge in [0.25, 0.3) is 5.91 Å². The van der Waals surface area contributed by atoms with Crippen LogP contribution in [0.1, 0.15) is 17.3 Å². The average molecular weight is 413 g/mol. The van der Waals surface area contributed by atoms with Crippen molar-refractivity contribution in [1.82, 2.24) is 9.97 Å². The molecule has 2 aromatic heterocycles. The number of rotatable bonds is 8. The predicted octanol–water partition coefficient (Wildman–Crippen LogP) is 3.41. The van der Waals surface area contributed by atoms with E-state index in [0.717, 1.165) is 17.0 Å². The highest BCUT2D eigenvalue weighted by molar-refractivity contribution is 7.14. The van der Waals surface area contributed by atoms with Crippen LogP contribution >= 0.6 is 11.3 Å². The summed E-state index contributed by atoms with van der Waals surface area (Å²) in [5, 5.41) is 4.86. The summed E-state index contributed by atoms with van der Waals surface area (Å²) in [6.07, 6.45) is 1.51. The molecule has 0 saturated heterocycles. The lowest BCUT2D eigenvalue weighted by molar-refractivity contribution is -0.119. The van der Waals surface area contributed by atoms with Crippen molar-refractivity contribution in [2.24, 2.45) is 0 Å². The Balaban J connectivity index is 1.56. The molecular formula is C20H19N3O5S. The van der Waals surface area contributed by atoms with Crippen LogP contribution in [0.25, 0.3) is 11.3 Å². The summed E-state index contributed by atoms with van der Waals surface area (Å²) >= 11 is 1.28. The summed E-state index contributed by atoms with van der Waals surface area (Å²) < 4.78 is 15.5. The van der Waals surface area contributed by atoms with E-state index in [4.69, 9.17) is 14.2 Å². The smallest absolute Gasteiger partial charge is 0.344 e. The molecule has 3 aromatic rings. The van der Waals surface area contributed by atoms with Gasteiger partial charge in [-0.25, -0.2) is 14.8 Å². The summed E-state index contributed by atoms with van der Waals surface area (Å²) in [5.41, 5.74) is 1.79. The third-order valence-electron chi connectivity index (χ3n) is 3.74. The molecule has 29 heavy (non-hydrogen) atoms. The molecule has 0 bridgehead atoms. The lowest BCUT2D eigenvalue weighted by Gasteiger charge is -2.08. The zero-order chi connectivity index (χ0) is 20.6. The van der Waals surface area contributed by atoms with Gasteiger partial charge in [-0.3, -0.25) is 10.1 Å². The maximum atomic E-state index is 12.2. The molecule has 0 atom stereocenters. The van der Waals surface area contributed by atoms with E-state index in [1.165, 1.54) is 23.6 Å². The van der Waals surface area contributed by atoms with Gasteiger partial charge in [-0.2, -0.15) is 0 Å². The van der Waals surface area contributed by atoms with E-state index in [-0.39, 0.29) is 11.4 Å². The Hall–Kier alpha value is -3.46. The molecule has 0 unspecified atom stereocenters. The lowest BCUT2D eigenvalue weighted by atomic mass is 10.2. The quantitative estimate of drug-likeness (QED) is 0.565. The summed E-state index contributed by atoms with van der Waals surface area (Å²) in [5.74, 6) is -0.254. The SMILES string of the molecule is CCOc1ncccc1C(=O)OCC(=O)Nc1nc(-c2ccc(OC)cc2)cs1. The minimum Gasteiger partial charge on any atom is -0.497 e. The van der Waals surface area contributed by atoms with Gasteiger partial charge in [-0.15, -0.1) is 11.3 Å². The van der Waals surface area contributed by atoms with Crippen molar-refractivity contribution in [1.29, 1.82) is 0 Å². The standard InChI is InChI=1S/C20H19N3O5S/c1-3-27-18-15(5-4-10-21-18)19(25)28-11-17(24)23-20-22-16(12-29-20)13-6-8-14(26-2)9-7-13/h4-10,12H,3,11H2,1-2H3,(H,22,23,24). The van der Waals surface area contributed by atoms with Gasteiger partial charge >= 0.3 is 5.97 Å². The molecule has 1 N–H and O–H groups in total. The van der Waals surface area contributed by atoms with Gasteiger partial charge in [-0.1, -0.05) is 0 Å². The van der Waals surface area contributed by atoms with E-state index in [2.05, 4.69) is 15.3 Å². The van der Waals surface area contributed by atoms with Crippen LogP contribution in [0.15, 0.2) is 48.0 Å². The van der Waals surface area contributed by atoms with E-state index >= 15 is 0 Å². The van der Waals surface area contributed by atoms with Crippen LogP contribution in [0.2, 0.25) is 0 Å². The number of carbonyl (C=O) groups excluding carboxylic acids is 2. The van der Waals surface area contributed by atoms with Gasteiger partial charge in [0.1, 0.15) is 11.3 Å². The fourth-order valence-corrected chi connectivity index (χ4v) is 3.12. The second kappa shape index (κ2) is 9.65. The number of esters is 1. The predicted molar refractivity (Wildman–Crippen MR) is 108 cm³/mol. The number of hydrogen-bond acceptors (Lipinski definition) is 8. The van der Waals surface area contributed by atoms with Crippen LogP contribution in [0.3, 0.4) is 0 Å². The van der Waals surface area contributed by atoms with Crippen LogP contribution in [-0.4, -0.2) is 42.2 Å². The Kier molecular flexibility index (Phi) is 6.75. The number of nitrogens with one attached hydrogen (secondary N) is 1.